The van der Waals surface area contributed by atoms with Crippen molar-refractivity contribution in [2.75, 3.05) is 0 Å². The summed E-state index contributed by atoms with van der Waals surface area (Å²) in [6, 6.07) is 10.4. The molecule has 3 aromatic rings. The molecule has 2 amide bonds. The standard InChI is InChI=1S/C18H17N3O3/c19-18(23)16(21-17(22)8-7-13-4-3-9-24-13)10-12-11-20-15-6-2-1-5-14(12)15/h1-9,11,16,20H,10H2,(H2,19,23)(H,21,22)/b8-7+/t16-/m1/s1. The van der Waals surface area contributed by atoms with Gasteiger partial charge in [-0.1, -0.05) is 18.2 Å². The molecule has 0 fully saturated rings. The van der Waals surface area contributed by atoms with Crippen LogP contribution in [0.5, 0.6) is 0 Å². The van der Waals surface area contributed by atoms with Crippen molar-refractivity contribution in [3.63, 3.8) is 0 Å². The number of rotatable bonds is 6. The summed E-state index contributed by atoms with van der Waals surface area (Å²) in [5, 5.41) is 3.63. The van der Waals surface area contributed by atoms with Gasteiger partial charge in [0.15, 0.2) is 0 Å². The van der Waals surface area contributed by atoms with Crippen molar-refractivity contribution in [2.24, 2.45) is 5.73 Å². The second-order valence-electron chi connectivity index (χ2n) is 5.38. The number of aromatic amines is 1. The van der Waals surface area contributed by atoms with Crippen LogP contribution in [-0.4, -0.2) is 22.8 Å². The van der Waals surface area contributed by atoms with E-state index >= 15 is 0 Å². The highest BCUT2D eigenvalue weighted by Crippen LogP contribution is 2.19. The zero-order chi connectivity index (χ0) is 16.9. The predicted molar refractivity (Wildman–Crippen MR) is 90.9 cm³/mol. The maximum atomic E-state index is 12.0. The van der Waals surface area contributed by atoms with Crippen molar-refractivity contribution < 1.29 is 14.0 Å². The van der Waals surface area contributed by atoms with Crippen LogP contribution in [0.2, 0.25) is 0 Å². The number of amides is 2. The van der Waals surface area contributed by atoms with Gasteiger partial charge in [-0.05, 0) is 29.8 Å². The van der Waals surface area contributed by atoms with Crippen molar-refractivity contribution in [1.82, 2.24) is 10.3 Å². The molecular weight excluding hydrogens is 306 g/mol. The molecule has 0 spiro atoms. The molecule has 2 aromatic heterocycles. The zero-order valence-electron chi connectivity index (χ0n) is 12.9. The predicted octanol–water partition coefficient (Wildman–Crippen LogP) is 1.99. The third kappa shape index (κ3) is 3.55. The maximum Gasteiger partial charge on any atom is 0.244 e. The highest BCUT2D eigenvalue weighted by molar-refractivity contribution is 5.95. The Morgan fingerprint density at radius 3 is 2.83 bits per heavy atom. The molecule has 24 heavy (non-hydrogen) atoms. The van der Waals surface area contributed by atoms with Gasteiger partial charge in [0.1, 0.15) is 11.8 Å². The third-order valence-corrected chi connectivity index (χ3v) is 3.70. The Morgan fingerprint density at radius 1 is 1.25 bits per heavy atom. The minimum Gasteiger partial charge on any atom is -0.465 e. The van der Waals surface area contributed by atoms with Gasteiger partial charge in [0.05, 0.1) is 6.26 Å². The van der Waals surface area contributed by atoms with E-state index in [0.717, 1.165) is 16.5 Å². The smallest absolute Gasteiger partial charge is 0.244 e. The van der Waals surface area contributed by atoms with E-state index in [1.54, 1.807) is 12.1 Å². The van der Waals surface area contributed by atoms with Crippen LogP contribution in [0.3, 0.4) is 0 Å². The van der Waals surface area contributed by atoms with E-state index < -0.39 is 17.9 Å². The third-order valence-electron chi connectivity index (χ3n) is 3.70. The molecule has 0 aliphatic rings. The molecule has 0 saturated carbocycles. The number of hydrogen-bond donors (Lipinski definition) is 3. The lowest BCUT2D eigenvalue weighted by Crippen LogP contribution is -2.45. The van der Waals surface area contributed by atoms with E-state index in [9.17, 15) is 9.59 Å². The summed E-state index contributed by atoms with van der Waals surface area (Å²) in [4.78, 5) is 26.8. The van der Waals surface area contributed by atoms with Crippen LogP contribution in [0.25, 0.3) is 17.0 Å². The molecule has 4 N–H and O–H groups in total. The van der Waals surface area contributed by atoms with Gasteiger partial charge in [0.2, 0.25) is 11.8 Å². The van der Waals surface area contributed by atoms with E-state index in [1.165, 1.54) is 18.4 Å². The normalized spacial score (nSPS) is 12.5. The SMILES string of the molecule is NC(=O)[C@@H](Cc1c[nH]c2ccccc12)NC(=O)/C=C/c1ccco1. The first-order valence-corrected chi connectivity index (χ1v) is 7.50. The number of nitrogens with two attached hydrogens (primary N) is 1. The summed E-state index contributed by atoms with van der Waals surface area (Å²) >= 11 is 0. The molecular formula is C18H17N3O3. The van der Waals surface area contributed by atoms with E-state index in [1.807, 2.05) is 30.5 Å². The fourth-order valence-corrected chi connectivity index (χ4v) is 2.51. The molecule has 0 aliphatic carbocycles. The van der Waals surface area contributed by atoms with Gasteiger partial charge in [-0.3, -0.25) is 9.59 Å². The number of aromatic nitrogens is 1. The van der Waals surface area contributed by atoms with Crippen LogP contribution in [0, 0.1) is 0 Å². The fraction of sp³-hybridized carbons (Fsp3) is 0.111. The van der Waals surface area contributed by atoms with Crippen molar-refractivity contribution in [2.45, 2.75) is 12.5 Å². The van der Waals surface area contributed by atoms with E-state index in [0.29, 0.717) is 12.2 Å². The van der Waals surface area contributed by atoms with Gasteiger partial charge in [-0.2, -0.15) is 0 Å². The summed E-state index contributed by atoms with van der Waals surface area (Å²) in [6.07, 6.45) is 6.50. The number of furan rings is 1. The molecule has 6 heteroatoms. The molecule has 6 nitrogen and oxygen atoms in total. The first-order valence-electron chi connectivity index (χ1n) is 7.50. The number of H-pyrrole nitrogens is 1. The largest absolute Gasteiger partial charge is 0.465 e. The van der Waals surface area contributed by atoms with Crippen molar-refractivity contribution >= 4 is 28.8 Å². The summed E-state index contributed by atoms with van der Waals surface area (Å²) in [6.45, 7) is 0. The summed E-state index contributed by atoms with van der Waals surface area (Å²) in [5.74, 6) is -0.438. The Kier molecular flexibility index (Phi) is 4.47. The molecule has 0 radical (unpaired) electrons. The molecule has 122 valence electrons. The Hall–Kier alpha value is -3.28. The Balaban J connectivity index is 1.71. The van der Waals surface area contributed by atoms with Gasteiger partial charge in [-0.25, -0.2) is 0 Å². The van der Waals surface area contributed by atoms with Crippen LogP contribution in [0.15, 0.2) is 59.4 Å². The van der Waals surface area contributed by atoms with Crippen LogP contribution >= 0.6 is 0 Å². The molecule has 0 aliphatic heterocycles. The molecule has 0 bridgehead atoms. The van der Waals surface area contributed by atoms with Crippen LogP contribution < -0.4 is 11.1 Å². The highest BCUT2D eigenvalue weighted by atomic mass is 16.3. The average molecular weight is 323 g/mol. The molecule has 1 aromatic carbocycles. The number of carbonyl (C=O) groups is 2. The van der Waals surface area contributed by atoms with Gasteiger partial charge in [0, 0.05) is 29.6 Å². The van der Waals surface area contributed by atoms with E-state index in [4.69, 9.17) is 10.2 Å². The van der Waals surface area contributed by atoms with Crippen molar-refractivity contribution in [3.05, 3.63) is 66.3 Å². The fourth-order valence-electron chi connectivity index (χ4n) is 2.51. The lowest BCUT2D eigenvalue weighted by atomic mass is 10.0. The molecule has 0 saturated heterocycles. The number of para-hydroxylation sites is 1. The summed E-state index contributed by atoms with van der Waals surface area (Å²) in [7, 11) is 0. The topological polar surface area (TPSA) is 101 Å². The van der Waals surface area contributed by atoms with Crippen LogP contribution in [0.1, 0.15) is 11.3 Å². The second-order valence-corrected chi connectivity index (χ2v) is 5.38. The second kappa shape index (κ2) is 6.87. The lowest BCUT2D eigenvalue weighted by Gasteiger charge is -2.13. The molecule has 3 rings (SSSR count). The number of carbonyl (C=O) groups excluding carboxylic acids is 2. The summed E-state index contributed by atoms with van der Waals surface area (Å²) in [5.41, 5.74) is 7.32. The van der Waals surface area contributed by atoms with Gasteiger partial charge in [-0.15, -0.1) is 0 Å². The number of benzene rings is 1. The molecule has 1 atom stereocenters. The quantitative estimate of drug-likeness (QED) is 0.605. The zero-order valence-corrected chi connectivity index (χ0v) is 12.9. The van der Waals surface area contributed by atoms with Gasteiger partial charge >= 0.3 is 0 Å². The van der Waals surface area contributed by atoms with Crippen molar-refractivity contribution in [3.8, 4) is 0 Å². The van der Waals surface area contributed by atoms with Gasteiger partial charge < -0.3 is 20.5 Å². The number of primary amides is 1. The first kappa shape index (κ1) is 15.6. The summed E-state index contributed by atoms with van der Waals surface area (Å²) < 4.78 is 5.11. The maximum absolute atomic E-state index is 12.0. The Labute approximate surface area is 138 Å². The monoisotopic (exact) mass is 323 g/mol. The Morgan fingerprint density at radius 2 is 2.08 bits per heavy atom. The average Bonchev–Trinajstić information content (AvgIpc) is 3.22. The van der Waals surface area contributed by atoms with Gasteiger partial charge in [0.25, 0.3) is 0 Å². The Bertz CT molecular complexity index is 878. The highest BCUT2D eigenvalue weighted by Gasteiger charge is 2.19. The van der Waals surface area contributed by atoms with E-state index in [2.05, 4.69) is 10.3 Å². The van der Waals surface area contributed by atoms with E-state index in [-0.39, 0.29) is 0 Å². The first-order chi connectivity index (χ1) is 11.6. The van der Waals surface area contributed by atoms with Crippen LogP contribution in [0.4, 0.5) is 0 Å². The minimum atomic E-state index is -0.794. The number of fused-ring (bicyclic) bond motifs is 1. The number of hydrogen-bond acceptors (Lipinski definition) is 3. The molecule has 0 unspecified atom stereocenters. The van der Waals surface area contributed by atoms with Crippen LogP contribution in [-0.2, 0) is 16.0 Å². The lowest BCUT2D eigenvalue weighted by molar-refractivity contribution is -0.124. The molecule has 2 heterocycles. The minimum absolute atomic E-state index is 0.319. The van der Waals surface area contributed by atoms with Crippen molar-refractivity contribution in [1.29, 1.82) is 0 Å². The number of nitrogens with one attached hydrogen (secondary N) is 2.